The molecule has 0 saturated heterocycles. The Balaban J connectivity index is 2.28. The van der Waals surface area contributed by atoms with Crippen molar-refractivity contribution in [1.82, 2.24) is 0 Å². The summed E-state index contributed by atoms with van der Waals surface area (Å²) in [7, 11) is 1.29. The molecule has 0 heterocycles. The van der Waals surface area contributed by atoms with Crippen LogP contribution in [0.3, 0.4) is 0 Å². The molecule has 0 unspecified atom stereocenters. The molecule has 0 aliphatic heterocycles. The Labute approximate surface area is 99.8 Å². The molecule has 1 rings (SSSR count). The number of hydrogen-bond donors (Lipinski definition) is 1. The lowest BCUT2D eigenvalue weighted by Gasteiger charge is -2.09. The fourth-order valence-electron chi connectivity index (χ4n) is 0.989. The van der Waals surface area contributed by atoms with Crippen LogP contribution in [0.5, 0.6) is 5.75 Å². The summed E-state index contributed by atoms with van der Waals surface area (Å²) >= 11 is 0. The third-order valence-corrected chi connectivity index (χ3v) is 1.90. The van der Waals surface area contributed by atoms with Crippen molar-refractivity contribution in [2.24, 2.45) is 0 Å². The highest BCUT2D eigenvalue weighted by Crippen LogP contribution is 2.13. The Hall–Kier alpha value is -2.17. The molecule has 0 aliphatic rings. The first-order chi connectivity index (χ1) is 8.11. The van der Waals surface area contributed by atoms with E-state index >= 15 is 0 Å². The lowest BCUT2D eigenvalue weighted by atomic mass is 10.3. The summed E-state index contributed by atoms with van der Waals surface area (Å²) in [5, 5.41) is 0. The topological polar surface area (TPSA) is 70.8 Å². The Bertz CT molecular complexity index is 386. The highest BCUT2D eigenvalue weighted by atomic mass is 16.6. The Morgan fingerprint density at radius 1 is 1.29 bits per heavy atom. The number of esters is 1. The predicted octanol–water partition coefficient (Wildman–Crippen LogP) is 1.35. The highest BCUT2D eigenvalue weighted by molar-refractivity contribution is 5.70. The maximum atomic E-state index is 10.8. The maximum absolute atomic E-state index is 10.8. The molecular weight excluding hydrogens is 222 g/mol. The predicted molar refractivity (Wildman–Crippen MR) is 63.5 cm³/mol. The number of anilines is 1. The standard InChI is InChI=1S/C12H15NO4/c1-9(16-8-12(14)15-2)7-17-11-5-3-10(13)4-6-11/h3-6H,1,7-8,13H2,2H3. The Morgan fingerprint density at radius 2 is 1.94 bits per heavy atom. The minimum absolute atomic E-state index is 0.166. The molecule has 0 aliphatic carbocycles. The number of ether oxygens (including phenoxy) is 3. The number of nitrogens with two attached hydrogens (primary N) is 1. The van der Waals surface area contributed by atoms with E-state index < -0.39 is 5.97 Å². The fourth-order valence-corrected chi connectivity index (χ4v) is 0.989. The van der Waals surface area contributed by atoms with Crippen LogP contribution < -0.4 is 10.5 Å². The third kappa shape index (κ3) is 4.92. The van der Waals surface area contributed by atoms with Gasteiger partial charge < -0.3 is 19.9 Å². The number of hydrogen-bond acceptors (Lipinski definition) is 5. The lowest BCUT2D eigenvalue weighted by molar-refractivity contribution is -0.144. The molecule has 17 heavy (non-hydrogen) atoms. The van der Waals surface area contributed by atoms with E-state index in [0.29, 0.717) is 17.2 Å². The van der Waals surface area contributed by atoms with E-state index in [2.05, 4.69) is 11.3 Å². The van der Waals surface area contributed by atoms with Gasteiger partial charge in [-0.1, -0.05) is 6.58 Å². The molecule has 0 bridgehead atoms. The first-order valence-electron chi connectivity index (χ1n) is 4.97. The quantitative estimate of drug-likeness (QED) is 0.459. The first-order valence-corrected chi connectivity index (χ1v) is 4.97. The summed E-state index contributed by atoms with van der Waals surface area (Å²) in [6.07, 6.45) is 0. The number of nitrogen functional groups attached to an aromatic ring is 1. The van der Waals surface area contributed by atoms with E-state index in [1.54, 1.807) is 24.3 Å². The van der Waals surface area contributed by atoms with Crippen LogP contribution in [-0.4, -0.2) is 26.3 Å². The fraction of sp³-hybridized carbons (Fsp3) is 0.250. The van der Waals surface area contributed by atoms with Crippen molar-refractivity contribution < 1.29 is 19.0 Å². The van der Waals surface area contributed by atoms with Crippen molar-refractivity contribution in [3.05, 3.63) is 36.6 Å². The van der Waals surface area contributed by atoms with Gasteiger partial charge in [-0.25, -0.2) is 4.79 Å². The van der Waals surface area contributed by atoms with Crippen LogP contribution in [0.25, 0.3) is 0 Å². The Kier molecular flexibility index (Phi) is 4.87. The molecule has 0 aromatic heterocycles. The van der Waals surface area contributed by atoms with Crippen LogP contribution in [0.4, 0.5) is 5.69 Å². The van der Waals surface area contributed by atoms with Crippen LogP contribution in [0.15, 0.2) is 36.6 Å². The molecule has 0 saturated carbocycles. The van der Waals surface area contributed by atoms with Gasteiger partial charge in [0.05, 0.1) is 7.11 Å². The second-order valence-corrected chi connectivity index (χ2v) is 3.26. The largest absolute Gasteiger partial charge is 0.486 e. The number of methoxy groups -OCH3 is 1. The number of carbonyl (C=O) groups excluding carboxylic acids is 1. The molecule has 1 aromatic rings. The van der Waals surface area contributed by atoms with Gasteiger partial charge in [0.1, 0.15) is 18.1 Å². The van der Waals surface area contributed by atoms with E-state index in [4.69, 9.17) is 15.2 Å². The summed E-state index contributed by atoms with van der Waals surface area (Å²) in [6.45, 7) is 3.62. The molecule has 0 amide bonds. The molecule has 92 valence electrons. The third-order valence-electron chi connectivity index (χ3n) is 1.90. The number of carbonyl (C=O) groups is 1. The van der Waals surface area contributed by atoms with Crippen molar-refractivity contribution in [2.45, 2.75) is 0 Å². The van der Waals surface area contributed by atoms with Crippen molar-refractivity contribution in [2.75, 3.05) is 26.1 Å². The molecule has 0 radical (unpaired) electrons. The zero-order valence-electron chi connectivity index (χ0n) is 9.64. The maximum Gasteiger partial charge on any atom is 0.343 e. The summed E-state index contributed by atoms with van der Waals surface area (Å²) < 4.78 is 14.8. The van der Waals surface area contributed by atoms with Gasteiger partial charge in [0.2, 0.25) is 0 Å². The molecule has 5 nitrogen and oxygen atoms in total. The van der Waals surface area contributed by atoms with Crippen molar-refractivity contribution in [1.29, 1.82) is 0 Å². The van der Waals surface area contributed by atoms with Crippen molar-refractivity contribution >= 4 is 11.7 Å². The normalized spacial score (nSPS) is 9.47. The lowest BCUT2D eigenvalue weighted by Crippen LogP contribution is -2.12. The monoisotopic (exact) mass is 237 g/mol. The smallest absolute Gasteiger partial charge is 0.343 e. The number of rotatable bonds is 6. The average molecular weight is 237 g/mol. The minimum atomic E-state index is -0.460. The van der Waals surface area contributed by atoms with Crippen LogP contribution in [0, 0.1) is 0 Å². The summed E-state index contributed by atoms with van der Waals surface area (Å²) in [5.74, 6) is 0.549. The summed E-state index contributed by atoms with van der Waals surface area (Å²) in [4.78, 5) is 10.8. The van der Waals surface area contributed by atoms with Crippen LogP contribution >= 0.6 is 0 Å². The van der Waals surface area contributed by atoms with Gasteiger partial charge in [-0.15, -0.1) is 0 Å². The van der Waals surface area contributed by atoms with Crippen molar-refractivity contribution in [3.63, 3.8) is 0 Å². The molecule has 2 N–H and O–H groups in total. The van der Waals surface area contributed by atoms with Gasteiger partial charge in [-0.3, -0.25) is 0 Å². The van der Waals surface area contributed by atoms with Gasteiger partial charge in [-0.05, 0) is 24.3 Å². The van der Waals surface area contributed by atoms with E-state index in [0.717, 1.165) is 0 Å². The highest BCUT2D eigenvalue weighted by Gasteiger charge is 2.03. The molecule has 1 aromatic carbocycles. The second kappa shape index (κ2) is 6.42. The average Bonchev–Trinajstić information content (AvgIpc) is 2.35. The SMILES string of the molecule is C=C(COc1ccc(N)cc1)OCC(=O)OC. The second-order valence-electron chi connectivity index (χ2n) is 3.26. The molecule has 0 atom stereocenters. The summed E-state index contributed by atoms with van der Waals surface area (Å²) in [5.41, 5.74) is 6.19. The van der Waals surface area contributed by atoms with Gasteiger partial charge in [0, 0.05) is 5.69 Å². The minimum Gasteiger partial charge on any atom is -0.486 e. The zero-order valence-corrected chi connectivity index (χ0v) is 9.64. The zero-order chi connectivity index (χ0) is 12.7. The van der Waals surface area contributed by atoms with Gasteiger partial charge >= 0.3 is 5.97 Å². The van der Waals surface area contributed by atoms with Crippen molar-refractivity contribution in [3.8, 4) is 5.75 Å². The van der Waals surface area contributed by atoms with E-state index in [-0.39, 0.29) is 13.2 Å². The van der Waals surface area contributed by atoms with Crippen LogP contribution in [-0.2, 0) is 14.3 Å². The molecular formula is C12H15NO4. The summed E-state index contributed by atoms with van der Waals surface area (Å²) in [6, 6.07) is 6.94. The van der Waals surface area contributed by atoms with E-state index in [9.17, 15) is 4.79 Å². The Morgan fingerprint density at radius 3 is 2.53 bits per heavy atom. The van der Waals surface area contributed by atoms with Crippen LogP contribution in [0.2, 0.25) is 0 Å². The van der Waals surface area contributed by atoms with E-state index in [1.807, 2.05) is 0 Å². The molecule has 5 heteroatoms. The number of benzene rings is 1. The van der Waals surface area contributed by atoms with Gasteiger partial charge in [0.25, 0.3) is 0 Å². The van der Waals surface area contributed by atoms with Crippen LogP contribution in [0.1, 0.15) is 0 Å². The molecule has 0 spiro atoms. The van der Waals surface area contributed by atoms with Gasteiger partial charge in [-0.2, -0.15) is 0 Å². The molecule has 0 fully saturated rings. The first kappa shape index (κ1) is 12.9. The van der Waals surface area contributed by atoms with E-state index in [1.165, 1.54) is 7.11 Å². The van der Waals surface area contributed by atoms with Gasteiger partial charge in [0.15, 0.2) is 6.61 Å².